The number of hydrogen-bond acceptors (Lipinski definition) is 4. The number of hydrogen-bond donors (Lipinski definition) is 3. The second-order valence-electron chi connectivity index (χ2n) is 9.46. The molecule has 2 aromatic rings. The predicted octanol–water partition coefficient (Wildman–Crippen LogP) is 4.26. The minimum Gasteiger partial charge on any atom is -0.481 e. The number of amides is 1. The van der Waals surface area contributed by atoms with Crippen LogP contribution in [0.1, 0.15) is 49.1 Å². The van der Waals surface area contributed by atoms with Gasteiger partial charge in [0.1, 0.15) is 12.1 Å². The summed E-state index contributed by atoms with van der Waals surface area (Å²) in [6.45, 7) is 0.0998. The number of fused-ring (bicyclic) bond motifs is 5. The molecule has 0 heterocycles. The van der Waals surface area contributed by atoms with Gasteiger partial charge in [-0.25, -0.2) is 9.59 Å². The Balaban J connectivity index is 1.35. The molecule has 172 valence electrons. The molecular weight excluding hydrogens is 422 g/mol. The summed E-state index contributed by atoms with van der Waals surface area (Å²) in [6.07, 6.45) is 1.74. The lowest BCUT2D eigenvalue weighted by molar-refractivity contribution is -0.162. The van der Waals surface area contributed by atoms with E-state index in [0.29, 0.717) is 12.8 Å². The first kappa shape index (κ1) is 21.5. The molecule has 3 aliphatic carbocycles. The number of carbonyl (C=O) groups is 3. The van der Waals surface area contributed by atoms with Gasteiger partial charge >= 0.3 is 18.0 Å². The van der Waals surface area contributed by atoms with Crippen LogP contribution >= 0.6 is 0 Å². The maximum absolute atomic E-state index is 12.9. The molecule has 7 nitrogen and oxygen atoms in total. The fourth-order valence-electron chi connectivity index (χ4n) is 6.40. The van der Waals surface area contributed by atoms with E-state index in [9.17, 15) is 24.6 Å². The summed E-state index contributed by atoms with van der Waals surface area (Å²) in [6, 6.07) is 16.0. The molecule has 2 atom stereocenters. The van der Waals surface area contributed by atoms with Crippen LogP contribution in [0.25, 0.3) is 11.1 Å². The molecule has 3 N–H and O–H groups in total. The van der Waals surface area contributed by atoms with Crippen LogP contribution in [0.5, 0.6) is 0 Å². The highest BCUT2D eigenvalue weighted by Gasteiger charge is 2.59. The molecule has 2 aromatic carbocycles. The van der Waals surface area contributed by atoms with Crippen LogP contribution in [0.15, 0.2) is 48.5 Å². The van der Waals surface area contributed by atoms with E-state index in [1.165, 1.54) is 0 Å². The summed E-state index contributed by atoms with van der Waals surface area (Å²) >= 11 is 0. The summed E-state index contributed by atoms with van der Waals surface area (Å²) in [5.74, 6) is -3.54. The molecule has 33 heavy (non-hydrogen) atoms. The van der Waals surface area contributed by atoms with E-state index in [1.54, 1.807) is 0 Å². The van der Waals surface area contributed by atoms with Crippen molar-refractivity contribution in [2.75, 3.05) is 6.61 Å². The monoisotopic (exact) mass is 449 g/mol. The van der Waals surface area contributed by atoms with E-state index in [1.807, 2.05) is 36.4 Å². The van der Waals surface area contributed by atoms with Crippen molar-refractivity contribution in [3.63, 3.8) is 0 Å². The first-order valence-electron chi connectivity index (χ1n) is 11.5. The zero-order valence-corrected chi connectivity index (χ0v) is 18.2. The third-order valence-electron chi connectivity index (χ3n) is 7.89. The summed E-state index contributed by atoms with van der Waals surface area (Å²) in [4.78, 5) is 37.0. The van der Waals surface area contributed by atoms with E-state index in [0.717, 1.165) is 28.7 Å². The SMILES string of the molecule is O=C(NC1(C(=O)O)C2CCCC1CC(C(=O)O)C2)OCC1c2ccccc2-c2ccccc21. The minimum atomic E-state index is -1.48. The maximum Gasteiger partial charge on any atom is 0.408 e. The predicted molar refractivity (Wildman–Crippen MR) is 120 cm³/mol. The molecule has 5 rings (SSSR count). The summed E-state index contributed by atoms with van der Waals surface area (Å²) in [5, 5.41) is 22.4. The Morgan fingerprint density at radius 2 is 1.45 bits per heavy atom. The quantitative estimate of drug-likeness (QED) is 0.629. The number of ether oxygens (including phenoxy) is 1. The van der Waals surface area contributed by atoms with E-state index in [2.05, 4.69) is 17.4 Å². The van der Waals surface area contributed by atoms with Gasteiger partial charge in [-0.05, 0) is 59.8 Å². The average Bonchev–Trinajstić information content (AvgIpc) is 3.11. The van der Waals surface area contributed by atoms with Crippen molar-refractivity contribution in [2.45, 2.75) is 43.6 Å². The van der Waals surface area contributed by atoms with Crippen LogP contribution in [0, 0.1) is 17.8 Å². The zero-order valence-electron chi connectivity index (χ0n) is 18.2. The van der Waals surface area contributed by atoms with Gasteiger partial charge in [0.2, 0.25) is 0 Å². The van der Waals surface area contributed by atoms with Crippen LogP contribution < -0.4 is 5.32 Å². The summed E-state index contributed by atoms with van der Waals surface area (Å²) in [5.41, 5.74) is 2.92. The molecule has 2 fully saturated rings. The molecule has 7 heteroatoms. The molecule has 2 unspecified atom stereocenters. The zero-order chi connectivity index (χ0) is 23.2. The highest BCUT2D eigenvalue weighted by molar-refractivity contribution is 5.86. The van der Waals surface area contributed by atoms with Gasteiger partial charge < -0.3 is 20.3 Å². The molecule has 0 aliphatic heterocycles. The van der Waals surface area contributed by atoms with Gasteiger partial charge in [0.15, 0.2) is 0 Å². The van der Waals surface area contributed by atoms with Crippen LogP contribution in [0.3, 0.4) is 0 Å². The van der Waals surface area contributed by atoms with Crippen LogP contribution in [0.4, 0.5) is 4.79 Å². The van der Waals surface area contributed by atoms with Gasteiger partial charge in [-0.1, -0.05) is 55.0 Å². The lowest BCUT2D eigenvalue weighted by Crippen LogP contribution is -2.68. The molecule has 0 aromatic heterocycles. The number of carboxylic acids is 2. The largest absolute Gasteiger partial charge is 0.481 e. The number of carboxylic acid groups (broad SMARTS) is 2. The van der Waals surface area contributed by atoms with E-state index in [-0.39, 0.29) is 25.4 Å². The Hall–Kier alpha value is -3.35. The second-order valence-corrected chi connectivity index (χ2v) is 9.46. The number of nitrogens with one attached hydrogen (secondary N) is 1. The van der Waals surface area contributed by atoms with Gasteiger partial charge in [-0.15, -0.1) is 0 Å². The Bertz CT molecular complexity index is 1050. The van der Waals surface area contributed by atoms with Crippen LogP contribution in [-0.4, -0.2) is 40.4 Å². The van der Waals surface area contributed by atoms with Crippen molar-refractivity contribution in [3.8, 4) is 11.1 Å². The molecule has 0 radical (unpaired) electrons. The molecule has 0 spiro atoms. The highest BCUT2D eigenvalue weighted by atomic mass is 16.5. The third-order valence-corrected chi connectivity index (χ3v) is 7.89. The molecular formula is C26H27NO6. The topological polar surface area (TPSA) is 113 Å². The van der Waals surface area contributed by atoms with Gasteiger partial charge in [0.05, 0.1) is 5.92 Å². The summed E-state index contributed by atoms with van der Waals surface area (Å²) < 4.78 is 5.63. The fraction of sp³-hybridized carbons (Fsp3) is 0.423. The number of alkyl carbamates (subject to hydrolysis) is 1. The fourth-order valence-corrected chi connectivity index (χ4v) is 6.40. The Labute approximate surface area is 191 Å². The van der Waals surface area contributed by atoms with Crippen molar-refractivity contribution in [2.24, 2.45) is 17.8 Å². The van der Waals surface area contributed by atoms with Gasteiger partial charge in [-0.2, -0.15) is 0 Å². The van der Waals surface area contributed by atoms with Crippen LogP contribution in [0.2, 0.25) is 0 Å². The first-order chi connectivity index (χ1) is 15.9. The van der Waals surface area contributed by atoms with E-state index >= 15 is 0 Å². The number of aliphatic carboxylic acids is 2. The van der Waals surface area contributed by atoms with Crippen molar-refractivity contribution in [1.82, 2.24) is 5.32 Å². The highest BCUT2D eigenvalue weighted by Crippen LogP contribution is 2.50. The van der Waals surface area contributed by atoms with E-state index < -0.39 is 41.3 Å². The maximum atomic E-state index is 12.9. The molecule has 2 bridgehead atoms. The smallest absolute Gasteiger partial charge is 0.408 e. The standard InChI is InChI=1S/C26H27NO6/c28-23(29)15-12-16-6-5-7-17(13-15)26(16,24(30)31)27-25(32)33-14-22-20-10-3-1-8-18(20)19-9-2-4-11-21(19)22/h1-4,8-11,15-17,22H,5-7,12-14H2,(H,27,32)(H,28,29)(H,30,31). The molecule has 0 saturated heterocycles. The number of rotatable bonds is 5. The lowest BCUT2D eigenvalue weighted by atomic mass is 9.56. The second kappa shape index (κ2) is 8.21. The van der Waals surface area contributed by atoms with Gasteiger partial charge in [0, 0.05) is 5.92 Å². The Kier molecular flexibility index (Phi) is 5.35. The summed E-state index contributed by atoms with van der Waals surface area (Å²) in [7, 11) is 0. The van der Waals surface area contributed by atoms with Gasteiger partial charge in [0.25, 0.3) is 0 Å². The number of benzene rings is 2. The lowest BCUT2D eigenvalue weighted by Gasteiger charge is -2.51. The Morgan fingerprint density at radius 1 is 0.909 bits per heavy atom. The Morgan fingerprint density at radius 3 is 1.97 bits per heavy atom. The molecule has 2 saturated carbocycles. The normalized spacial score (nSPS) is 27.8. The minimum absolute atomic E-state index is 0.0998. The molecule has 1 amide bonds. The van der Waals surface area contributed by atoms with Crippen molar-refractivity contribution < 1.29 is 29.3 Å². The average molecular weight is 450 g/mol. The van der Waals surface area contributed by atoms with Crippen molar-refractivity contribution in [1.29, 1.82) is 0 Å². The first-order valence-corrected chi connectivity index (χ1v) is 11.5. The third kappa shape index (κ3) is 3.46. The van der Waals surface area contributed by atoms with Crippen molar-refractivity contribution >= 4 is 18.0 Å². The molecule has 3 aliphatic rings. The van der Waals surface area contributed by atoms with Crippen molar-refractivity contribution in [3.05, 3.63) is 59.7 Å². The van der Waals surface area contributed by atoms with E-state index in [4.69, 9.17) is 4.74 Å². The van der Waals surface area contributed by atoms with Crippen LogP contribution in [-0.2, 0) is 14.3 Å². The van der Waals surface area contributed by atoms with Gasteiger partial charge in [-0.3, -0.25) is 4.79 Å². The number of carbonyl (C=O) groups excluding carboxylic acids is 1.